The molecule has 2 bridgehead atoms. The van der Waals surface area contributed by atoms with E-state index in [1.807, 2.05) is 12.1 Å². The number of hydrogen-bond acceptors (Lipinski definition) is 3. The summed E-state index contributed by atoms with van der Waals surface area (Å²) in [6.45, 7) is 7.02. The first-order valence-electron chi connectivity index (χ1n) is 10.1. The molecule has 5 rings (SSSR count). The Labute approximate surface area is 171 Å². The lowest BCUT2D eigenvalue weighted by Crippen LogP contribution is -2.66. The molecular formula is C22H27ClN2O3. The summed E-state index contributed by atoms with van der Waals surface area (Å²) in [6.07, 6.45) is 2.37. The fourth-order valence-corrected chi connectivity index (χ4v) is 5.68. The van der Waals surface area contributed by atoms with Crippen LogP contribution in [0, 0.1) is 23.2 Å². The molecule has 3 aliphatic carbocycles. The summed E-state index contributed by atoms with van der Waals surface area (Å²) in [5.74, 6) is 0.596. The first kappa shape index (κ1) is 19.4. The molecule has 28 heavy (non-hydrogen) atoms. The Bertz CT molecular complexity index is 820. The Kier molecular flexibility index (Phi) is 4.77. The molecule has 1 aromatic carbocycles. The van der Waals surface area contributed by atoms with Gasteiger partial charge in [-0.3, -0.25) is 19.4 Å². The monoisotopic (exact) mass is 402 g/mol. The predicted molar refractivity (Wildman–Crippen MR) is 107 cm³/mol. The fraction of sp³-hybridized carbons (Fsp3) is 0.591. The highest BCUT2D eigenvalue weighted by molar-refractivity contribution is 6.30. The third kappa shape index (κ3) is 3.04. The topological polar surface area (TPSA) is 57.7 Å². The van der Waals surface area contributed by atoms with Crippen molar-refractivity contribution in [2.24, 2.45) is 23.2 Å². The van der Waals surface area contributed by atoms with Crippen LogP contribution in [0.2, 0.25) is 5.02 Å². The molecule has 0 N–H and O–H groups in total. The summed E-state index contributed by atoms with van der Waals surface area (Å²) in [7, 11) is 0. The number of urea groups is 1. The number of hydrogen-bond donors (Lipinski definition) is 0. The lowest BCUT2D eigenvalue weighted by atomic mass is 9.44. The van der Waals surface area contributed by atoms with Crippen LogP contribution in [0.25, 0.3) is 0 Å². The Morgan fingerprint density at radius 3 is 2.36 bits per heavy atom. The average molecular weight is 403 g/mol. The van der Waals surface area contributed by atoms with E-state index in [-0.39, 0.29) is 36.2 Å². The molecule has 1 saturated heterocycles. The third-order valence-corrected chi connectivity index (χ3v) is 7.74. The Balaban J connectivity index is 1.49. The van der Waals surface area contributed by atoms with Crippen molar-refractivity contribution in [2.45, 2.75) is 52.5 Å². The molecule has 4 atom stereocenters. The summed E-state index contributed by atoms with van der Waals surface area (Å²) < 4.78 is 0. The quantitative estimate of drug-likeness (QED) is 0.711. The van der Waals surface area contributed by atoms with Crippen molar-refractivity contribution in [1.29, 1.82) is 0 Å². The van der Waals surface area contributed by atoms with Crippen LogP contribution in [0.5, 0.6) is 0 Å². The predicted octanol–water partition coefficient (Wildman–Crippen LogP) is 4.13. The van der Waals surface area contributed by atoms with E-state index in [0.29, 0.717) is 23.3 Å². The van der Waals surface area contributed by atoms with Crippen molar-refractivity contribution in [2.75, 3.05) is 6.54 Å². The molecule has 0 spiro atoms. The molecule has 4 fully saturated rings. The van der Waals surface area contributed by atoms with Gasteiger partial charge >= 0.3 is 6.03 Å². The molecule has 0 radical (unpaired) electrons. The van der Waals surface area contributed by atoms with Crippen LogP contribution in [0.3, 0.4) is 0 Å². The number of carbonyl (C=O) groups is 3. The standard InChI is InChI=1S/C22H27ClN2O3/c1-13-17-10-15(22(17,2)3)11-18(13)25-20(27)12-19(26)24(21(25)28)9-8-14-4-6-16(23)7-5-14/h4-7,13,15,17-18H,8-12H2,1-3H3/t13-,15+,17-,18-/m0/s1. The van der Waals surface area contributed by atoms with Crippen molar-refractivity contribution < 1.29 is 14.4 Å². The minimum Gasteiger partial charge on any atom is -0.274 e. The van der Waals surface area contributed by atoms with E-state index in [1.54, 1.807) is 12.1 Å². The first-order valence-corrected chi connectivity index (χ1v) is 10.5. The van der Waals surface area contributed by atoms with Gasteiger partial charge in [0.15, 0.2) is 0 Å². The van der Waals surface area contributed by atoms with Crippen molar-refractivity contribution in [3.63, 3.8) is 0 Å². The first-order chi connectivity index (χ1) is 13.2. The number of amides is 4. The van der Waals surface area contributed by atoms with Gasteiger partial charge in [0.25, 0.3) is 0 Å². The van der Waals surface area contributed by atoms with Gasteiger partial charge in [0, 0.05) is 17.6 Å². The van der Waals surface area contributed by atoms with Crippen molar-refractivity contribution >= 4 is 29.4 Å². The zero-order chi connectivity index (χ0) is 20.2. The Morgan fingerprint density at radius 2 is 1.75 bits per heavy atom. The molecule has 1 aromatic rings. The molecule has 1 aliphatic heterocycles. The number of barbiturate groups is 1. The molecule has 4 aliphatic rings. The van der Waals surface area contributed by atoms with Gasteiger partial charge in [0.2, 0.25) is 11.8 Å². The maximum atomic E-state index is 13.1. The number of benzene rings is 1. The van der Waals surface area contributed by atoms with Gasteiger partial charge in [-0.05, 0) is 60.1 Å². The van der Waals surface area contributed by atoms with Crippen LogP contribution in [0.1, 0.15) is 45.6 Å². The lowest BCUT2D eigenvalue weighted by Gasteiger charge is -2.63. The molecule has 0 unspecified atom stereocenters. The molecule has 6 heteroatoms. The van der Waals surface area contributed by atoms with Gasteiger partial charge in [-0.25, -0.2) is 4.79 Å². The Hall–Kier alpha value is -1.88. The van der Waals surface area contributed by atoms with E-state index in [4.69, 9.17) is 11.6 Å². The van der Waals surface area contributed by atoms with Gasteiger partial charge in [-0.1, -0.05) is 44.5 Å². The smallest absolute Gasteiger partial charge is 0.274 e. The van der Waals surface area contributed by atoms with Gasteiger partial charge < -0.3 is 0 Å². The van der Waals surface area contributed by atoms with Gasteiger partial charge in [0.05, 0.1) is 0 Å². The Morgan fingerprint density at radius 1 is 1.07 bits per heavy atom. The second-order valence-corrected chi connectivity index (χ2v) is 9.60. The van der Waals surface area contributed by atoms with Gasteiger partial charge in [0.1, 0.15) is 6.42 Å². The lowest BCUT2D eigenvalue weighted by molar-refractivity contribution is -0.159. The zero-order valence-electron chi connectivity index (χ0n) is 16.7. The van der Waals surface area contributed by atoms with Crippen LogP contribution in [0.15, 0.2) is 24.3 Å². The molecule has 150 valence electrons. The molecule has 4 amide bonds. The number of carbonyl (C=O) groups excluding carboxylic acids is 3. The number of nitrogens with zero attached hydrogens (tertiary/aromatic N) is 2. The van der Waals surface area contributed by atoms with Crippen LogP contribution >= 0.6 is 11.6 Å². The second-order valence-electron chi connectivity index (χ2n) is 9.17. The molecule has 1 heterocycles. The van der Waals surface area contributed by atoms with Crippen LogP contribution in [-0.2, 0) is 16.0 Å². The summed E-state index contributed by atoms with van der Waals surface area (Å²) in [4.78, 5) is 40.9. The number of rotatable bonds is 4. The summed E-state index contributed by atoms with van der Waals surface area (Å²) in [5, 5.41) is 0.651. The molecule has 5 nitrogen and oxygen atoms in total. The van der Waals surface area contributed by atoms with Crippen molar-refractivity contribution in [3.05, 3.63) is 34.9 Å². The molecule has 3 saturated carbocycles. The highest BCUT2D eigenvalue weighted by Crippen LogP contribution is 2.62. The maximum Gasteiger partial charge on any atom is 0.333 e. The minimum absolute atomic E-state index is 0.0945. The maximum absolute atomic E-state index is 13.1. The molecular weight excluding hydrogens is 376 g/mol. The highest BCUT2D eigenvalue weighted by Gasteiger charge is 2.59. The van der Waals surface area contributed by atoms with E-state index < -0.39 is 11.9 Å². The van der Waals surface area contributed by atoms with E-state index in [0.717, 1.165) is 12.0 Å². The zero-order valence-corrected chi connectivity index (χ0v) is 17.4. The summed E-state index contributed by atoms with van der Waals surface area (Å²) >= 11 is 5.91. The largest absolute Gasteiger partial charge is 0.333 e. The summed E-state index contributed by atoms with van der Waals surface area (Å²) in [5.41, 5.74) is 1.28. The SMILES string of the molecule is C[C@@H]1[C@@H](N2C(=O)CC(=O)N(CCc3ccc(Cl)cc3)C2=O)C[C@H]2C[C@@H]1C2(C)C. The fourth-order valence-electron chi connectivity index (χ4n) is 5.56. The number of halogens is 1. The van der Waals surface area contributed by atoms with Crippen molar-refractivity contribution in [3.8, 4) is 0 Å². The highest BCUT2D eigenvalue weighted by atomic mass is 35.5. The molecule has 0 aromatic heterocycles. The van der Waals surface area contributed by atoms with E-state index >= 15 is 0 Å². The van der Waals surface area contributed by atoms with Gasteiger partial charge in [-0.15, -0.1) is 0 Å². The van der Waals surface area contributed by atoms with E-state index in [2.05, 4.69) is 20.8 Å². The van der Waals surface area contributed by atoms with Crippen LogP contribution in [0.4, 0.5) is 4.79 Å². The van der Waals surface area contributed by atoms with Crippen LogP contribution in [-0.4, -0.2) is 40.2 Å². The minimum atomic E-state index is -0.439. The van der Waals surface area contributed by atoms with Crippen LogP contribution < -0.4 is 0 Å². The summed E-state index contributed by atoms with van der Waals surface area (Å²) in [6, 6.07) is 6.84. The van der Waals surface area contributed by atoms with Crippen molar-refractivity contribution in [1.82, 2.24) is 9.80 Å². The number of imide groups is 2. The third-order valence-electron chi connectivity index (χ3n) is 7.49. The number of fused-ring (bicyclic) bond motifs is 2. The average Bonchev–Trinajstić information content (AvgIpc) is 2.63. The van der Waals surface area contributed by atoms with Gasteiger partial charge in [-0.2, -0.15) is 0 Å². The van der Waals surface area contributed by atoms with E-state index in [1.165, 1.54) is 16.2 Å². The second kappa shape index (κ2) is 6.87. The normalized spacial score (nSPS) is 31.8. The van der Waals surface area contributed by atoms with E-state index in [9.17, 15) is 14.4 Å².